The van der Waals surface area contributed by atoms with Crippen molar-refractivity contribution in [3.8, 4) is 11.5 Å². The molecule has 22 heavy (non-hydrogen) atoms. The normalized spacial score (nSPS) is 10.6. The van der Waals surface area contributed by atoms with Gasteiger partial charge < -0.3 is 14.8 Å². The standard InChI is InChI=1S/C18H22BrNO2/c1-12(2)22-18-14(9-15(19)10-17(18)21-4)11-20-16-7-5-13(3)6-8-16/h5-10,12,20H,11H2,1-4H3. The molecule has 0 saturated carbocycles. The maximum atomic E-state index is 5.94. The lowest BCUT2D eigenvalue weighted by Crippen LogP contribution is -2.10. The fourth-order valence-corrected chi connectivity index (χ4v) is 2.63. The molecular formula is C18H22BrNO2. The first-order valence-electron chi connectivity index (χ1n) is 7.33. The molecule has 4 heteroatoms. The lowest BCUT2D eigenvalue weighted by molar-refractivity contribution is 0.228. The molecule has 0 heterocycles. The van der Waals surface area contributed by atoms with Crippen molar-refractivity contribution >= 4 is 21.6 Å². The third-order valence-corrected chi connectivity index (χ3v) is 3.66. The summed E-state index contributed by atoms with van der Waals surface area (Å²) < 4.78 is 12.4. The van der Waals surface area contributed by atoms with Crippen molar-refractivity contribution in [1.82, 2.24) is 0 Å². The zero-order valence-electron chi connectivity index (χ0n) is 13.4. The Morgan fingerprint density at radius 3 is 2.41 bits per heavy atom. The molecule has 0 spiro atoms. The number of ether oxygens (including phenoxy) is 2. The van der Waals surface area contributed by atoms with Gasteiger partial charge in [-0.15, -0.1) is 0 Å². The highest BCUT2D eigenvalue weighted by Gasteiger charge is 2.14. The Morgan fingerprint density at radius 1 is 1.14 bits per heavy atom. The van der Waals surface area contributed by atoms with E-state index in [2.05, 4.69) is 58.5 Å². The molecular weight excluding hydrogens is 342 g/mol. The van der Waals surface area contributed by atoms with E-state index in [1.165, 1.54) is 5.56 Å². The van der Waals surface area contributed by atoms with Crippen LogP contribution in [0.5, 0.6) is 11.5 Å². The Bertz CT molecular complexity index is 624. The Kier molecular flexibility index (Phi) is 5.72. The van der Waals surface area contributed by atoms with Crippen LogP contribution in [0.2, 0.25) is 0 Å². The highest BCUT2D eigenvalue weighted by atomic mass is 79.9. The van der Waals surface area contributed by atoms with Crippen LogP contribution in [0.25, 0.3) is 0 Å². The average Bonchev–Trinajstić information content (AvgIpc) is 2.48. The van der Waals surface area contributed by atoms with E-state index < -0.39 is 0 Å². The summed E-state index contributed by atoms with van der Waals surface area (Å²) >= 11 is 3.53. The molecule has 0 aliphatic rings. The van der Waals surface area contributed by atoms with Gasteiger partial charge in [0.25, 0.3) is 0 Å². The van der Waals surface area contributed by atoms with Gasteiger partial charge >= 0.3 is 0 Å². The molecule has 0 fully saturated rings. The van der Waals surface area contributed by atoms with E-state index in [1.54, 1.807) is 7.11 Å². The average molecular weight is 364 g/mol. The minimum absolute atomic E-state index is 0.0909. The second-order valence-corrected chi connectivity index (χ2v) is 6.40. The number of aryl methyl sites for hydroxylation is 1. The minimum atomic E-state index is 0.0909. The molecule has 0 saturated heterocycles. The fraction of sp³-hybridized carbons (Fsp3) is 0.333. The van der Waals surface area contributed by atoms with Crippen LogP contribution in [0, 0.1) is 6.92 Å². The highest BCUT2D eigenvalue weighted by Crippen LogP contribution is 2.36. The van der Waals surface area contributed by atoms with Gasteiger partial charge in [-0.3, -0.25) is 0 Å². The first-order valence-corrected chi connectivity index (χ1v) is 8.12. The minimum Gasteiger partial charge on any atom is -0.493 e. The number of hydrogen-bond donors (Lipinski definition) is 1. The van der Waals surface area contributed by atoms with Crippen LogP contribution < -0.4 is 14.8 Å². The summed E-state index contributed by atoms with van der Waals surface area (Å²) in [6, 6.07) is 12.3. The molecule has 0 bridgehead atoms. The van der Waals surface area contributed by atoms with Gasteiger partial charge in [0.15, 0.2) is 11.5 Å². The summed E-state index contributed by atoms with van der Waals surface area (Å²) in [6.07, 6.45) is 0.0909. The first-order chi connectivity index (χ1) is 10.5. The van der Waals surface area contributed by atoms with Crippen molar-refractivity contribution in [2.75, 3.05) is 12.4 Å². The quantitative estimate of drug-likeness (QED) is 0.768. The van der Waals surface area contributed by atoms with Crippen LogP contribution in [0.3, 0.4) is 0 Å². The monoisotopic (exact) mass is 363 g/mol. The van der Waals surface area contributed by atoms with Crippen LogP contribution in [0.15, 0.2) is 40.9 Å². The summed E-state index contributed by atoms with van der Waals surface area (Å²) in [4.78, 5) is 0. The summed E-state index contributed by atoms with van der Waals surface area (Å²) in [7, 11) is 1.66. The maximum Gasteiger partial charge on any atom is 0.166 e. The van der Waals surface area contributed by atoms with Gasteiger partial charge in [0.2, 0.25) is 0 Å². The SMILES string of the molecule is COc1cc(Br)cc(CNc2ccc(C)cc2)c1OC(C)C. The lowest BCUT2D eigenvalue weighted by atomic mass is 10.1. The molecule has 0 aromatic heterocycles. The zero-order valence-corrected chi connectivity index (χ0v) is 15.0. The van der Waals surface area contributed by atoms with E-state index >= 15 is 0 Å². The number of halogens is 1. The van der Waals surface area contributed by atoms with Gasteiger partial charge in [-0.05, 0) is 45.0 Å². The molecule has 2 aromatic rings. The molecule has 0 aliphatic heterocycles. The number of methoxy groups -OCH3 is 1. The smallest absolute Gasteiger partial charge is 0.166 e. The second-order valence-electron chi connectivity index (χ2n) is 5.48. The van der Waals surface area contributed by atoms with Gasteiger partial charge in [-0.25, -0.2) is 0 Å². The molecule has 0 radical (unpaired) electrons. The molecule has 0 amide bonds. The second kappa shape index (κ2) is 7.54. The molecule has 0 aliphatic carbocycles. The van der Waals surface area contributed by atoms with Crippen molar-refractivity contribution in [1.29, 1.82) is 0 Å². The van der Waals surface area contributed by atoms with Gasteiger partial charge in [-0.1, -0.05) is 33.6 Å². The van der Waals surface area contributed by atoms with E-state index in [-0.39, 0.29) is 6.10 Å². The summed E-state index contributed by atoms with van der Waals surface area (Å²) in [5.74, 6) is 1.53. The molecule has 2 aromatic carbocycles. The summed E-state index contributed by atoms with van der Waals surface area (Å²) in [6.45, 7) is 6.77. The highest BCUT2D eigenvalue weighted by molar-refractivity contribution is 9.10. The zero-order chi connectivity index (χ0) is 16.1. The van der Waals surface area contributed by atoms with Crippen LogP contribution in [-0.2, 0) is 6.54 Å². The molecule has 2 rings (SSSR count). The van der Waals surface area contributed by atoms with Crippen molar-refractivity contribution < 1.29 is 9.47 Å². The van der Waals surface area contributed by atoms with Gasteiger partial charge in [0, 0.05) is 22.3 Å². The van der Waals surface area contributed by atoms with E-state index in [9.17, 15) is 0 Å². The number of benzene rings is 2. The van der Waals surface area contributed by atoms with Crippen LogP contribution in [-0.4, -0.2) is 13.2 Å². The van der Waals surface area contributed by atoms with Gasteiger partial charge in [0.1, 0.15) is 0 Å². The Morgan fingerprint density at radius 2 is 1.82 bits per heavy atom. The Hall–Kier alpha value is -1.68. The number of anilines is 1. The van der Waals surface area contributed by atoms with Crippen LogP contribution in [0.4, 0.5) is 5.69 Å². The topological polar surface area (TPSA) is 30.5 Å². The van der Waals surface area contributed by atoms with Crippen molar-refractivity contribution in [3.05, 3.63) is 52.0 Å². The summed E-state index contributed by atoms with van der Waals surface area (Å²) in [5.41, 5.74) is 3.39. The summed E-state index contributed by atoms with van der Waals surface area (Å²) in [5, 5.41) is 3.42. The Labute approximate surface area is 140 Å². The number of rotatable bonds is 6. The first kappa shape index (κ1) is 16.7. The van der Waals surface area contributed by atoms with E-state index in [0.29, 0.717) is 6.54 Å². The number of nitrogens with one attached hydrogen (secondary N) is 1. The molecule has 118 valence electrons. The van der Waals surface area contributed by atoms with Gasteiger partial charge in [0.05, 0.1) is 13.2 Å². The van der Waals surface area contributed by atoms with E-state index in [4.69, 9.17) is 9.47 Å². The maximum absolute atomic E-state index is 5.94. The van der Waals surface area contributed by atoms with Gasteiger partial charge in [-0.2, -0.15) is 0 Å². The van der Waals surface area contributed by atoms with Crippen LogP contribution in [0.1, 0.15) is 25.0 Å². The number of hydrogen-bond acceptors (Lipinski definition) is 3. The van der Waals surface area contributed by atoms with E-state index in [1.807, 2.05) is 19.9 Å². The molecule has 0 atom stereocenters. The molecule has 3 nitrogen and oxygen atoms in total. The predicted octanol–water partition coefficient (Wildman–Crippen LogP) is 5.17. The van der Waals surface area contributed by atoms with Crippen molar-refractivity contribution in [3.63, 3.8) is 0 Å². The lowest BCUT2D eigenvalue weighted by Gasteiger charge is -2.18. The largest absolute Gasteiger partial charge is 0.493 e. The molecule has 1 N–H and O–H groups in total. The Balaban J connectivity index is 2.24. The van der Waals surface area contributed by atoms with Crippen molar-refractivity contribution in [2.45, 2.75) is 33.4 Å². The van der Waals surface area contributed by atoms with E-state index in [0.717, 1.165) is 27.2 Å². The third-order valence-electron chi connectivity index (χ3n) is 3.20. The fourth-order valence-electron chi connectivity index (χ4n) is 2.14. The predicted molar refractivity (Wildman–Crippen MR) is 95.0 cm³/mol. The third kappa shape index (κ3) is 4.41. The molecule has 0 unspecified atom stereocenters. The van der Waals surface area contributed by atoms with Crippen LogP contribution >= 0.6 is 15.9 Å². The van der Waals surface area contributed by atoms with Crippen molar-refractivity contribution in [2.24, 2.45) is 0 Å².